The number of carbonyl (C=O) groups excluding carboxylic acids is 1. The van der Waals surface area contributed by atoms with Crippen LogP contribution in [0.2, 0.25) is 0 Å². The van der Waals surface area contributed by atoms with Crippen molar-refractivity contribution in [2.75, 3.05) is 5.32 Å². The van der Waals surface area contributed by atoms with Gasteiger partial charge in [-0.25, -0.2) is 4.98 Å². The molecule has 104 valence electrons. The number of aromatic nitrogens is 1. The summed E-state index contributed by atoms with van der Waals surface area (Å²) in [5.41, 5.74) is 2.42. The lowest BCUT2D eigenvalue weighted by Gasteiger charge is -2.05. The van der Waals surface area contributed by atoms with Gasteiger partial charge in [-0.1, -0.05) is 27.2 Å². The number of carbonyl (C=O) groups is 1. The number of hydrogen-bond donors (Lipinski definition) is 2. The number of oxime groups is 1. The van der Waals surface area contributed by atoms with Crippen molar-refractivity contribution in [1.29, 1.82) is 0 Å². The number of hydrogen-bond acceptors (Lipinski definition) is 5. The van der Waals surface area contributed by atoms with E-state index in [1.807, 2.05) is 19.1 Å². The fourth-order valence-corrected chi connectivity index (χ4v) is 2.66. The standard InChI is InChI=1S/C13H12BrN3O2S/c1-7-3-4-9(14)5-10(7)12(18)16-13-15-11(6-20-13)8(2)17-19/h3-6,19H,1-2H3,(H,15,16,18). The summed E-state index contributed by atoms with van der Waals surface area (Å²) < 4.78 is 0.844. The van der Waals surface area contributed by atoms with Crippen LogP contribution in [0.3, 0.4) is 0 Å². The summed E-state index contributed by atoms with van der Waals surface area (Å²) in [4.78, 5) is 16.4. The maximum Gasteiger partial charge on any atom is 0.257 e. The molecule has 0 saturated heterocycles. The molecule has 0 aliphatic heterocycles. The maximum absolute atomic E-state index is 12.2. The van der Waals surface area contributed by atoms with E-state index in [-0.39, 0.29) is 5.91 Å². The lowest BCUT2D eigenvalue weighted by atomic mass is 10.1. The Kier molecular flexibility index (Phi) is 4.51. The number of anilines is 1. The monoisotopic (exact) mass is 353 g/mol. The molecule has 2 N–H and O–H groups in total. The highest BCUT2D eigenvalue weighted by atomic mass is 79.9. The van der Waals surface area contributed by atoms with E-state index >= 15 is 0 Å². The minimum absolute atomic E-state index is 0.219. The molecule has 0 bridgehead atoms. The highest BCUT2D eigenvalue weighted by Gasteiger charge is 2.12. The minimum atomic E-state index is -0.219. The Morgan fingerprint density at radius 1 is 1.50 bits per heavy atom. The molecule has 1 heterocycles. The second-order valence-corrected chi connectivity index (χ2v) is 5.91. The zero-order chi connectivity index (χ0) is 14.7. The van der Waals surface area contributed by atoms with E-state index in [0.717, 1.165) is 10.0 Å². The van der Waals surface area contributed by atoms with Crippen LogP contribution < -0.4 is 5.32 Å². The summed E-state index contributed by atoms with van der Waals surface area (Å²) in [5, 5.41) is 16.7. The van der Waals surface area contributed by atoms with Gasteiger partial charge in [-0.15, -0.1) is 11.3 Å². The van der Waals surface area contributed by atoms with Crippen LogP contribution in [0.5, 0.6) is 0 Å². The maximum atomic E-state index is 12.2. The van der Waals surface area contributed by atoms with Crippen molar-refractivity contribution in [1.82, 2.24) is 4.98 Å². The summed E-state index contributed by atoms with van der Waals surface area (Å²) in [6, 6.07) is 5.52. The molecule has 0 fully saturated rings. The van der Waals surface area contributed by atoms with Gasteiger partial charge in [0.15, 0.2) is 5.13 Å². The quantitative estimate of drug-likeness (QED) is 0.502. The number of thiazole rings is 1. The first-order valence-corrected chi connectivity index (χ1v) is 7.40. The molecule has 0 saturated carbocycles. The fraction of sp³-hybridized carbons (Fsp3) is 0.154. The second-order valence-electron chi connectivity index (χ2n) is 4.14. The third-order valence-corrected chi connectivity index (χ3v) is 3.94. The summed E-state index contributed by atoms with van der Waals surface area (Å²) in [6.07, 6.45) is 0. The van der Waals surface area contributed by atoms with Gasteiger partial charge in [0.2, 0.25) is 0 Å². The van der Waals surface area contributed by atoms with Crippen LogP contribution in [-0.2, 0) is 0 Å². The van der Waals surface area contributed by atoms with Crippen LogP contribution in [0.25, 0.3) is 0 Å². The van der Waals surface area contributed by atoms with Crippen LogP contribution >= 0.6 is 27.3 Å². The molecule has 0 spiro atoms. The van der Waals surface area contributed by atoms with Crippen molar-refractivity contribution in [3.63, 3.8) is 0 Å². The molecule has 0 atom stereocenters. The van der Waals surface area contributed by atoms with Gasteiger partial charge >= 0.3 is 0 Å². The Balaban J connectivity index is 2.19. The molecule has 0 aliphatic rings. The first-order valence-electron chi connectivity index (χ1n) is 5.73. The number of nitrogens with zero attached hydrogens (tertiary/aromatic N) is 2. The predicted octanol–water partition coefficient (Wildman–Crippen LogP) is 3.66. The van der Waals surface area contributed by atoms with E-state index in [4.69, 9.17) is 5.21 Å². The number of amides is 1. The third kappa shape index (κ3) is 3.23. The molecule has 7 heteroatoms. The average molecular weight is 354 g/mol. The Morgan fingerprint density at radius 3 is 2.95 bits per heavy atom. The van der Waals surface area contributed by atoms with Crippen molar-refractivity contribution in [3.05, 3.63) is 44.9 Å². The molecule has 0 aliphatic carbocycles. The summed E-state index contributed by atoms with van der Waals surface area (Å²) in [7, 11) is 0. The molecular formula is C13H12BrN3O2S. The molecule has 1 aromatic heterocycles. The van der Waals surface area contributed by atoms with E-state index in [1.54, 1.807) is 18.4 Å². The van der Waals surface area contributed by atoms with Gasteiger partial charge in [-0.05, 0) is 31.5 Å². The van der Waals surface area contributed by atoms with Crippen molar-refractivity contribution in [3.8, 4) is 0 Å². The smallest absolute Gasteiger partial charge is 0.257 e. The molecule has 1 aromatic carbocycles. The number of benzene rings is 1. The summed E-state index contributed by atoms with van der Waals surface area (Å²) >= 11 is 4.63. The van der Waals surface area contributed by atoms with Crippen LogP contribution in [0.15, 0.2) is 33.2 Å². The van der Waals surface area contributed by atoms with Crippen LogP contribution in [0, 0.1) is 6.92 Å². The minimum Gasteiger partial charge on any atom is -0.411 e. The lowest BCUT2D eigenvalue weighted by Crippen LogP contribution is -2.13. The molecule has 5 nitrogen and oxygen atoms in total. The van der Waals surface area contributed by atoms with Gasteiger partial charge in [-0.2, -0.15) is 0 Å². The first-order chi connectivity index (χ1) is 9.51. The zero-order valence-corrected chi connectivity index (χ0v) is 13.2. The molecule has 2 rings (SSSR count). The SMILES string of the molecule is CC(=NO)c1csc(NC(=O)c2cc(Br)ccc2C)n1. The van der Waals surface area contributed by atoms with Crippen molar-refractivity contribution in [2.24, 2.45) is 5.16 Å². The van der Waals surface area contributed by atoms with E-state index in [9.17, 15) is 4.79 Å². The van der Waals surface area contributed by atoms with Gasteiger partial charge in [0.1, 0.15) is 11.4 Å². The van der Waals surface area contributed by atoms with Crippen LogP contribution in [0.4, 0.5) is 5.13 Å². The molecule has 20 heavy (non-hydrogen) atoms. The van der Waals surface area contributed by atoms with Crippen LogP contribution in [-0.4, -0.2) is 21.8 Å². The van der Waals surface area contributed by atoms with Crippen molar-refractivity contribution < 1.29 is 10.0 Å². The Bertz CT molecular complexity index is 682. The van der Waals surface area contributed by atoms with Gasteiger partial charge < -0.3 is 5.21 Å². The second kappa shape index (κ2) is 6.15. The predicted molar refractivity (Wildman–Crippen MR) is 82.9 cm³/mol. The van der Waals surface area contributed by atoms with Crippen molar-refractivity contribution >= 4 is 44.0 Å². The normalized spacial score (nSPS) is 11.4. The number of aryl methyl sites for hydroxylation is 1. The van der Waals surface area contributed by atoms with E-state index in [1.165, 1.54) is 11.3 Å². The zero-order valence-electron chi connectivity index (χ0n) is 10.8. The van der Waals surface area contributed by atoms with Gasteiger partial charge in [-0.3, -0.25) is 10.1 Å². The molecule has 2 aromatic rings. The number of halogens is 1. The number of nitrogens with one attached hydrogen (secondary N) is 1. The Hall–Kier alpha value is -1.73. The van der Waals surface area contributed by atoms with Crippen molar-refractivity contribution in [2.45, 2.75) is 13.8 Å². The van der Waals surface area contributed by atoms with Gasteiger partial charge in [0, 0.05) is 15.4 Å². The highest BCUT2D eigenvalue weighted by molar-refractivity contribution is 9.10. The summed E-state index contributed by atoms with van der Waals surface area (Å²) in [6.45, 7) is 3.51. The third-order valence-electron chi connectivity index (χ3n) is 2.69. The molecule has 1 amide bonds. The molecule has 0 unspecified atom stereocenters. The fourth-order valence-electron chi connectivity index (χ4n) is 1.55. The average Bonchev–Trinajstić information content (AvgIpc) is 2.89. The number of rotatable bonds is 3. The van der Waals surface area contributed by atoms with Gasteiger partial charge in [0.05, 0.1) is 0 Å². The Morgan fingerprint density at radius 2 is 2.25 bits per heavy atom. The van der Waals surface area contributed by atoms with Crippen LogP contribution in [0.1, 0.15) is 28.5 Å². The highest BCUT2D eigenvalue weighted by Crippen LogP contribution is 2.20. The largest absolute Gasteiger partial charge is 0.411 e. The van der Waals surface area contributed by atoms with E-state index in [0.29, 0.717) is 22.1 Å². The molecular weight excluding hydrogens is 342 g/mol. The topological polar surface area (TPSA) is 74.6 Å². The van der Waals surface area contributed by atoms with E-state index < -0.39 is 0 Å². The first kappa shape index (κ1) is 14.7. The van der Waals surface area contributed by atoms with Gasteiger partial charge in [0.25, 0.3) is 5.91 Å². The van der Waals surface area contributed by atoms with E-state index in [2.05, 4.69) is 31.4 Å². The lowest BCUT2D eigenvalue weighted by molar-refractivity contribution is 0.102. The Labute approximate surface area is 128 Å². The summed E-state index contributed by atoms with van der Waals surface area (Å²) in [5.74, 6) is -0.219. The molecule has 0 radical (unpaired) electrons.